The van der Waals surface area contributed by atoms with Crippen molar-refractivity contribution in [3.63, 3.8) is 0 Å². The van der Waals surface area contributed by atoms with Gasteiger partial charge >= 0.3 is 5.97 Å². The molecular formula is C13H19BrN2O3. The molecule has 19 heavy (non-hydrogen) atoms. The van der Waals surface area contributed by atoms with E-state index < -0.39 is 5.97 Å². The van der Waals surface area contributed by atoms with E-state index in [1.54, 1.807) is 0 Å². The lowest BCUT2D eigenvalue weighted by Gasteiger charge is -2.32. The van der Waals surface area contributed by atoms with Crippen LogP contribution in [0.1, 0.15) is 18.6 Å². The van der Waals surface area contributed by atoms with Crippen LogP contribution in [-0.2, 0) is 11.3 Å². The van der Waals surface area contributed by atoms with Crippen molar-refractivity contribution in [2.45, 2.75) is 19.4 Å². The third kappa shape index (κ3) is 4.97. The molecule has 6 heteroatoms. The molecule has 1 aromatic heterocycles. The molecule has 5 nitrogen and oxygen atoms in total. The molecule has 0 saturated carbocycles. The van der Waals surface area contributed by atoms with Crippen LogP contribution in [0.2, 0.25) is 0 Å². The summed E-state index contributed by atoms with van der Waals surface area (Å²) in [7, 11) is 0. The second-order valence-electron chi connectivity index (χ2n) is 4.97. The summed E-state index contributed by atoms with van der Waals surface area (Å²) in [5.74, 6) is 0.686. The monoisotopic (exact) mass is 330 g/mol. The Balaban J connectivity index is 1.75. The van der Waals surface area contributed by atoms with Crippen LogP contribution < -0.4 is 5.32 Å². The summed E-state index contributed by atoms with van der Waals surface area (Å²) in [6.45, 7) is 3.70. The summed E-state index contributed by atoms with van der Waals surface area (Å²) in [6, 6.07) is 3.89. The predicted molar refractivity (Wildman–Crippen MR) is 74.9 cm³/mol. The Hall–Kier alpha value is -0.850. The number of carboxylic acids is 1. The fraction of sp³-hybridized carbons (Fsp3) is 0.615. The number of rotatable bonds is 6. The minimum atomic E-state index is -0.798. The van der Waals surface area contributed by atoms with E-state index in [0.717, 1.165) is 49.5 Å². The Kier molecular flexibility index (Phi) is 5.42. The number of nitrogens with zero attached hydrogens (tertiary/aromatic N) is 1. The molecule has 0 bridgehead atoms. The number of hydrogen-bond acceptors (Lipinski definition) is 4. The van der Waals surface area contributed by atoms with E-state index in [4.69, 9.17) is 9.52 Å². The van der Waals surface area contributed by atoms with Gasteiger partial charge in [0.05, 0.1) is 13.1 Å². The Morgan fingerprint density at radius 2 is 2.42 bits per heavy atom. The first-order valence-corrected chi connectivity index (χ1v) is 7.32. The van der Waals surface area contributed by atoms with Crippen molar-refractivity contribution in [1.82, 2.24) is 10.2 Å². The van der Waals surface area contributed by atoms with E-state index in [9.17, 15) is 4.79 Å². The van der Waals surface area contributed by atoms with Crippen LogP contribution in [0.5, 0.6) is 0 Å². The Bertz CT molecular complexity index is 422. The maximum Gasteiger partial charge on any atom is 0.317 e. The van der Waals surface area contributed by atoms with Crippen molar-refractivity contribution in [2.75, 3.05) is 26.2 Å². The molecule has 1 saturated heterocycles. The van der Waals surface area contributed by atoms with Gasteiger partial charge in [-0.25, -0.2) is 0 Å². The molecule has 2 rings (SSSR count). The average molecular weight is 331 g/mol. The third-order valence-electron chi connectivity index (χ3n) is 3.32. The number of furan rings is 1. The lowest BCUT2D eigenvalue weighted by atomic mass is 9.98. The van der Waals surface area contributed by atoms with E-state index in [2.05, 4.69) is 26.1 Å². The van der Waals surface area contributed by atoms with Gasteiger partial charge in [-0.05, 0) is 59.9 Å². The van der Waals surface area contributed by atoms with Crippen molar-refractivity contribution in [1.29, 1.82) is 0 Å². The van der Waals surface area contributed by atoms with Gasteiger partial charge in [-0.3, -0.25) is 9.69 Å². The zero-order valence-corrected chi connectivity index (χ0v) is 12.4. The van der Waals surface area contributed by atoms with Gasteiger partial charge in [-0.1, -0.05) is 0 Å². The van der Waals surface area contributed by atoms with Crippen LogP contribution in [0.3, 0.4) is 0 Å². The molecule has 106 valence electrons. The standard InChI is InChI=1S/C13H19BrN2O3/c14-12-4-3-11(19-12)9-16-5-1-2-10(8-16)6-15-7-13(17)18/h3-4,10,15H,1-2,5-9H2,(H,17,18). The lowest BCUT2D eigenvalue weighted by molar-refractivity contribution is -0.136. The van der Waals surface area contributed by atoms with Crippen LogP contribution in [0.15, 0.2) is 21.2 Å². The van der Waals surface area contributed by atoms with E-state index in [1.807, 2.05) is 12.1 Å². The molecule has 1 fully saturated rings. The summed E-state index contributed by atoms with van der Waals surface area (Å²) in [4.78, 5) is 12.8. The first-order valence-electron chi connectivity index (χ1n) is 6.52. The van der Waals surface area contributed by atoms with Crippen LogP contribution in [0.25, 0.3) is 0 Å². The molecule has 0 radical (unpaired) electrons. The second-order valence-corrected chi connectivity index (χ2v) is 5.76. The quantitative estimate of drug-likeness (QED) is 0.834. The lowest BCUT2D eigenvalue weighted by Crippen LogP contribution is -2.40. The molecule has 0 spiro atoms. The average Bonchev–Trinajstić information content (AvgIpc) is 2.75. The van der Waals surface area contributed by atoms with Crippen molar-refractivity contribution in [3.8, 4) is 0 Å². The smallest absolute Gasteiger partial charge is 0.317 e. The van der Waals surface area contributed by atoms with E-state index >= 15 is 0 Å². The Morgan fingerprint density at radius 1 is 1.58 bits per heavy atom. The maximum atomic E-state index is 10.5. The Morgan fingerprint density at radius 3 is 3.11 bits per heavy atom. The molecule has 1 aliphatic heterocycles. The van der Waals surface area contributed by atoms with Crippen molar-refractivity contribution in [2.24, 2.45) is 5.92 Å². The molecule has 1 unspecified atom stereocenters. The fourth-order valence-corrected chi connectivity index (χ4v) is 2.84. The topological polar surface area (TPSA) is 65.7 Å². The van der Waals surface area contributed by atoms with Gasteiger partial charge in [0.15, 0.2) is 4.67 Å². The zero-order valence-electron chi connectivity index (χ0n) is 10.8. The van der Waals surface area contributed by atoms with Crippen molar-refractivity contribution in [3.05, 3.63) is 22.6 Å². The van der Waals surface area contributed by atoms with Gasteiger partial charge in [0, 0.05) is 6.54 Å². The molecule has 0 amide bonds. The first-order chi connectivity index (χ1) is 9.13. The summed E-state index contributed by atoms with van der Waals surface area (Å²) in [5.41, 5.74) is 0. The number of halogens is 1. The van der Waals surface area contributed by atoms with Gasteiger partial charge in [-0.15, -0.1) is 0 Å². The van der Waals surface area contributed by atoms with Gasteiger partial charge < -0.3 is 14.8 Å². The highest BCUT2D eigenvalue weighted by atomic mass is 79.9. The number of carboxylic acid groups (broad SMARTS) is 1. The van der Waals surface area contributed by atoms with Crippen LogP contribution in [0.4, 0.5) is 0 Å². The molecule has 2 N–H and O–H groups in total. The summed E-state index contributed by atoms with van der Waals surface area (Å²) >= 11 is 3.31. The predicted octanol–water partition coefficient (Wildman–Crippen LogP) is 1.93. The highest BCUT2D eigenvalue weighted by Gasteiger charge is 2.20. The van der Waals surface area contributed by atoms with Crippen LogP contribution >= 0.6 is 15.9 Å². The summed E-state index contributed by atoms with van der Waals surface area (Å²) in [5, 5.41) is 11.6. The third-order valence-corrected chi connectivity index (χ3v) is 3.75. The summed E-state index contributed by atoms with van der Waals surface area (Å²) in [6.07, 6.45) is 2.31. The fourth-order valence-electron chi connectivity index (χ4n) is 2.50. The van der Waals surface area contributed by atoms with Crippen molar-refractivity contribution >= 4 is 21.9 Å². The number of aliphatic carboxylic acids is 1. The number of likely N-dealkylation sites (tertiary alicyclic amines) is 1. The molecule has 0 aromatic carbocycles. The Labute approximate surface area is 121 Å². The second kappa shape index (κ2) is 7.07. The highest BCUT2D eigenvalue weighted by molar-refractivity contribution is 9.10. The molecule has 1 aliphatic rings. The number of nitrogens with one attached hydrogen (secondary N) is 1. The van der Waals surface area contributed by atoms with Gasteiger partial charge in [0.25, 0.3) is 0 Å². The highest BCUT2D eigenvalue weighted by Crippen LogP contribution is 2.20. The molecule has 1 aromatic rings. The van der Waals surface area contributed by atoms with Gasteiger partial charge in [-0.2, -0.15) is 0 Å². The summed E-state index contributed by atoms with van der Waals surface area (Å²) < 4.78 is 6.28. The minimum absolute atomic E-state index is 0.0433. The maximum absolute atomic E-state index is 10.5. The first kappa shape index (κ1) is 14.6. The largest absolute Gasteiger partial charge is 0.480 e. The number of carbonyl (C=O) groups is 1. The minimum Gasteiger partial charge on any atom is -0.480 e. The van der Waals surface area contributed by atoms with Crippen LogP contribution in [-0.4, -0.2) is 42.2 Å². The molecule has 1 atom stereocenters. The SMILES string of the molecule is O=C(O)CNCC1CCCN(Cc2ccc(Br)o2)C1. The van der Waals surface area contributed by atoms with Gasteiger partial charge in [0.2, 0.25) is 0 Å². The van der Waals surface area contributed by atoms with E-state index in [-0.39, 0.29) is 6.54 Å². The molecule has 0 aliphatic carbocycles. The number of hydrogen-bond donors (Lipinski definition) is 2. The van der Waals surface area contributed by atoms with Crippen LogP contribution in [0, 0.1) is 5.92 Å². The van der Waals surface area contributed by atoms with E-state index in [0.29, 0.717) is 5.92 Å². The van der Waals surface area contributed by atoms with Gasteiger partial charge in [0.1, 0.15) is 5.76 Å². The molecule has 2 heterocycles. The molecular weight excluding hydrogens is 312 g/mol. The zero-order chi connectivity index (χ0) is 13.7. The number of piperidine rings is 1. The van der Waals surface area contributed by atoms with Crippen molar-refractivity contribution < 1.29 is 14.3 Å². The van der Waals surface area contributed by atoms with E-state index in [1.165, 1.54) is 0 Å². The normalized spacial score (nSPS) is 20.6.